The molecule has 1 aliphatic heterocycles. The average molecular weight is 391 g/mol. The van der Waals surface area contributed by atoms with Gasteiger partial charge in [-0.05, 0) is 31.5 Å². The van der Waals surface area contributed by atoms with Crippen LogP contribution in [0.15, 0.2) is 64.4 Å². The van der Waals surface area contributed by atoms with E-state index in [1.54, 1.807) is 6.92 Å². The van der Waals surface area contributed by atoms with Crippen molar-refractivity contribution in [3.05, 3.63) is 70.5 Å². The van der Waals surface area contributed by atoms with Crippen molar-refractivity contribution in [3.8, 4) is 0 Å². The lowest BCUT2D eigenvalue weighted by molar-refractivity contribution is -0.138. The van der Waals surface area contributed by atoms with Gasteiger partial charge in [0, 0.05) is 6.21 Å². The fourth-order valence-electron chi connectivity index (χ4n) is 3.07. The Kier molecular flexibility index (Phi) is 5.72. The normalized spacial score (nSPS) is 21.2. The maximum absolute atomic E-state index is 12.7. The number of rotatable bonds is 5. The number of benzene rings is 1. The van der Waals surface area contributed by atoms with Crippen molar-refractivity contribution in [3.63, 3.8) is 0 Å². The highest BCUT2D eigenvalue weighted by atomic mass is 19.4. The van der Waals surface area contributed by atoms with Crippen LogP contribution in [0.5, 0.6) is 0 Å². The van der Waals surface area contributed by atoms with Crippen molar-refractivity contribution in [1.29, 1.82) is 0 Å². The highest BCUT2D eigenvalue weighted by Crippen LogP contribution is 2.33. The lowest BCUT2D eigenvalue weighted by Gasteiger charge is -2.29. The molecule has 2 atom stereocenters. The van der Waals surface area contributed by atoms with E-state index in [9.17, 15) is 18.0 Å². The zero-order chi connectivity index (χ0) is 20.3. The molecule has 1 aromatic carbocycles. The maximum atomic E-state index is 12.7. The molecular weight excluding hydrogens is 371 g/mol. The molecule has 0 spiro atoms. The molecule has 1 aliphatic carbocycles. The van der Waals surface area contributed by atoms with Crippen LogP contribution in [0, 0.1) is 5.92 Å². The summed E-state index contributed by atoms with van der Waals surface area (Å²) in [7, 11) is 0. The van der Waals surface area contributed by atoms with Crippen LogP contribution >= 0.6 is 0 Å². The summed E-state index contributed by atoms with van der Waals surface area (Å²) in [6.45, 7) is 3.88. The van der Waals surface area contributed by atoms with Gasteiger partial charge in [0.25, 0.3) is 0 Å². The number of hydrogen-bond acceptors (Lipinski definition) is 4. The van der Waals surface area contributed by atoms with E-state index in [-0.39, 0.29) is 30.7 Å². The molecule has 1 heterocycles. The van der Waals surface area contributed by atoms with E-state index >= 15 is 0 Å². The molecule has 0 N–H and O–H groups in total. The van der Waals surface area contributed by atoms with Gasteiger partial charge in [-0.25, -0.2) is 4.79 Å². The summed E-state index contributed by atoms with van der Waals surface area (Å²) in [5.74, 6) is -0.376. The Labute approximate surface area is 161 Å². The van der Waals surface area contributed by atoms with Gasteiger partial charge in [-0.1, -0.05) is 35.9 Å². The van der Waals surface area contributed by atoms with Crippen LogP contribution < -0.4 is 0 Å². The highest BCUT2D eigenvalue weighted by Gasteiger charge is 2.33. The molecule has 0 amide bonds. The third-order valence-electron chi connectivity index (χ3n) is 4.48. The first-order valence-electron chi connectivity index (χ1n) is 8.89. The Morgan fingerprint density at radius 2 is 1.93 bits per heavy atom. The van der Waals surface area contributed by atoms with E-state index in [0.29, 0.717) is 11.3 Å². The maximum Gasteiger partial charge on any atom is 0.416 e. The number of carbonyl (C=O) groups excluding carboxylic acids is 1. The summed E-state index contributed by atoms with van der Waals surface area (Å²) in [6.07, 6.45) is 2.90. The third kappa shape index (κ3) is 4.35. The summed E-state index contributed by atoms with van der Waals surface area (Å²) in [6, 6.07) is 4.56. The van der Waals surface area contributed by atoms with Gasteiger partial charge in [-0.3, -0.25) is 4.99 Å². The number of esters is 1. The number of dihydropyridines is 1. The zero-order valence-corrected chi connectivity index (χ0v) is 15.5. The van der Waals surface area contributed by atoms with Crippen LogP contribution in [0.3, 0.4) is 0 Å². The number of fused-ring (bicyclic) bond motifs is 1. The molecule has 0 radical (unpaired) electrons. The van der Waals surface area contributed by atoms with Crippen LogP contribution in [0.2, 0.25) is 0 Å². The summed E-state index contributed by atoms with van der Waals surface area (Å²) >= 11 is 0. The minimum atomic E-state index is -4.39. The fourth-order valence-corrected chi connectivity index (χ4v) is 3.07. The molecule has 7 heteroatoms. The van der Waals surface area contributed by atoms with Gasteiger partial charge in [0.15, 0.2) is 0 Å². The van der Waals surface area contributed by atoms with Gasteiger partial charge in [-0.2, -0.15) is 13.2 Å². The van der Waals surface area contributed by atoms with Crippen molar-refractivity contribution in [1.82, 2.24) is 0 Å². The molecule has 0 bridgehead atoms. The van der Waals surface area contributed by atoms with E-state index in [1.165, 1.54) is 18.3 Å². The van der Waals surface area contributed by atoms with Crippen LogP contribution in [0.4, 0.5) is 13.2 Å². The quantitative estimate of drug-likeness (QED) is 0.688. The molecule has 0 aromatic heterocycles. The number of carbonyl (C=O) groups is 1. The van der Waals surface area contributed by atoms with E-state index in [0.717, 1.165) is 17.7 Å². The van der Waals surface area contributed by atoms with Crippen molar-refractivity contribution >= 4 is 12.2 Å². The minimum absolute atomic E-state index is 0.0318. The van der Waals surface area contributed by atoms with Gasteiger partial charge < -0.3 is 9.47 Å². The molecule has 28 heavy (non-hydrogen) atoms. The standard InChI is InChI=1S/C21H20F3NO3/c1-3-27-20(26)17-11-25-18-9-4-13(2)10-16(18)19(17)28-12-14-5-7-15(8-6-14)21(22,23)24/h4-11,16,18H,3,12H2,1-2H3/t16-,18-/m1/s1. The van der Waals surface area contributed by atoms with Crippen LogP contribution in [-0.2, 0) is 27.1 Å². The van der Waals surface area contributed by atoms with Gasteiger partial charge in [-0.15, -0.1) is 0 Å². The van der Waals surface area contributed by atoms with Crippen LogP contribution in [-0.4, -0.2) is 24.8 Å². The van der Waals surface area contributed by atoms with Crippen molar-refractivity contribution < 1.29 is 27.4 Å². The lowest BCUT2D eigenvalue weighted by atomic mass is 9.87. The topological polar surface area (TPSA) is 47.9 Å². The number of aliphatic imine (C=N–C) groups is 1. The van der Waals surface area contributed by atoms with Crippen LogP contribution in [0.25, 0.3) is 0 Å². The molecule has 4 nitrogen and oxygen atoms in total. The highest BCUT2D eigenvalue weighted by molar-refractivity contribution is 6.10. The van der Waals surface area contributed by atoms with E-state index < -0.39 is 17.7 Å². The predicted molar refractivity (Wildman–Crippen MR) is 98.6 cm³/mol. The Balaban J connectivity index is 1.85. The third-order valence-corrected chi connectivity index (χ3v) is 4.48. The van der Waals surface area contributed by atoms with Gasteiger partial charge in [0.05, 0.1) is 24.1 Å². The molecule has 3 rings (SSSR count). The molecule has 0 saturated heterocycles. The molecular formula is C21H20F3NO3. The molecule has 1 aromatic rings. The second-order valence-corrected chi connectivity index (χ2v) is 6.55. The molecule has 2 aliphatic rings. The number of ether oxygens (including phenoxy) is 2. The van der Waals surface area contributed by atoms with E-state index in [2.05, 4.69) is 4.99 Å². The average Bonchev–Trinajstić information content (AvgIpc) is 2.65. The molecule has 148 valence electrons. The number of nitrogens with zero attached hydrogens (tertiary/aromatic N) is 1. The van der Waals surface area contributed by atoms with Gasteiger partial charge in [0.2, 0.25) is 0 Å². The largest absolute Gasteiger partial charge is 0.492 e. The molecule has 0 unspecified atom stereocenters. The SMILES string of the molecule is CCOC(=O)C1=C(OCc2ccc(C(F)(F)F)cc2)[C@@H]2C=C(C)C=C[C@H]2N=C1. The minimum Gasteiger partial charge on any atom is -0.492 e. The summed E-state index contributed by atoms with van der Waals surface area (Å²) < 4.78 is 49.2. The fraction of sp³-hybridized carbons (Fsp3) is 0.333. The molecule has 0 fully saturated rings. The van der Waals surface area contributed by atoms with Crippen molar-refractivity contribution in [2.75, 3.05) is 6.61 Å². The predicted octanol–water partition coefficient (Wildman–Crippen LogP) is 4.62. The number of alkyl halides is 3. The number of halogens is 3. The van der Waals surface area contributed by atoms with Gasteiger partial charge in [0.1, 0.15) is 17.9 Å². The first-order valence-corrected chi connectivity index (χ1v) is 8.89. The summed E-state index contributed by atoms with van der Waals surface area (Å²) in [5, 5.41) is 0. The summed E-state index contributed by atoms with van der Waals surface area (Å²) in [5.41, 5.74) is 1.09. The zero-order valence-electron chi connectivity index (χ0n) is 15.5. The first kappa shape index (κ1) is 19.9. The number of hydrogen-bond donors (Lipinski definition) is 0. The van der Waals surface area contributed by atoms with Gasteiger partial charge >= 0.3 is 12.1 Å². The smallest absolute Gasteiger partial charge is 0.416 e. The Morgan fingerprint density at radius 1 is 1.21 bits per heavy atom. The number of allylic oxidation sites excluding steroid dienone is 2. The van der Waals surface area contributed by atoms with Crippen molar-refractivity contribution in [2.45, 2.75) is 32.7 Å². The van der Waals surface area contributed by atoms with Crippen LogP contribution in [0.1, 0.15) is 25.0 Å². The Morgan fingerprint density at radius 3 is 2.57 bits per heavy atom. The van der Waals surface area contributed by atoms with Crippen molar-refractivity contribution in [2.24, 2.45) is 10.9 Å². The lowest BCUT2D eigenvalue weighted by Crippen LogP contribution is -2.29. The Hall–Kier alpha value is -2.83. The van der Waals surface area contributed by atoms with E-state index in [4.69, 9.17) is 9.47 Å². The Bertz CT molecular complexity index is 864. The molecule has 0 saturated carbocycles. The second-order valence-electron chi connectivity index (χ2n) is 6.55. The monoisotopic (exact) mass is 391 g/mol. The van der Waals surface area contributed by atoms with E-state index in [1.807, 2.05) is 25.2 Å². The summed E-state index contributed by atoms with van der Waals surface area (Å²) in [4.78, 5) is 16.7. The first-order chi connectivity index (χ1) is 13.3. The second kappa shape index (κ2) is 8.04.